The number of carbonyl (C=O) groups is 1. The number of anilines is 1. The minimum Gasteiger partial charge on any atom is -0.484 e. The van der Waals surface area contributed by atoms with E-state index in [1.54, 1.807) is 0 Å². The van der Waals surface area contributed by atoms with Crippen LogP contribution in [0.25, 0.3) is 0 Å². The summed E-state index contributed by atoms with van der Waals surface area (Å²) in [7, 11) is 0. The highest BCUT2D eigenvalue weighted by Crippen LogP contribution is 2.26. The van der Waals surface area contributed by atoms with Gasteiger partial charge < -0.3 is 10.1 Å². The van der Waals surface area contributed by atoms with Crippen LogP contribution in [-0.2, 0) is 11.2 Å². The van der Waals surface area contributed by atoms with E-state index in [1.165, 1.54) is 11.1 Å². The van der Waals surface area contributed by atoms with Gasteiger partial charge in [-0.15, -0.1) is 0 Å². The molecule has 2 aromatic rings. The molecule has 0 spiro atoms. The molecular weight excluding hydrogens is 344 g/mol. The van der Waals surface area contributed by atoms with Crippen LogP contribution in [0.2, 0.25) is 0 Å². The normalized spacial score (nSPS) is 11.5. The lowest BCUT2D eigenvalue weighted by Gasteiger charge is -2.17. The third-order valence-electron chi connectivity index (χ3n) is 4.31. The number of carbonyl (C=O) groups excluding carboxylic acids is 1. The van der Waals surface area contributed by atoms with E-state index >= 15 is 0 Å². The minimum absolute atomic E-state index is 0.0830. The van der Waals surface area contributed by atoms with Crippen molar-refractivity contribution in [3.8, 4) is 5.75 Å². The molecule has 0 aromatic heterocycles. The fraction of sp³-hybridized carbons (Fsp3) is 0.333. The number of rotatable bonds is 7. The van der Waals surface area contributed by atoms with Crippen LogP contribution in [0.1, 0.15) is 44.2 Å². The molecule has 0 fully saturated rings. The monoisotopic (exact) mass is 370 g/mol. The fourth-order valence-corrected chi connectivity index (χ4v) is 2.77. The van der Waals surface area contributed by atoms with Crippen molar-refractivity contribution in [3.05, 3.63) is 59.7 Å². The molecule has 26 heavy (non-hydrogen) atoms. The summed E-state index contributed by atoms with van der Waals surface area (Å²) < 4.78 is 5.50. The van der Waals surface area contributed by atoms with E-state index in [1.807, 2.05) is 42.5 Å². The summed E-state index contributed by atoms with van der Waals surface area (Å²) in [5, 5.41) is 6.05. The van der Waals surface area contributed by atoms with Gasteiger partial charge in [-0.25, -0.2) is 0 Å². The Hall–Kier alpha value is -2.40. The average Bonchev–Trinajstić information content (AvgIpc) is 2.66. The van der Waals surface area contributed by atoms with E-state index in [9.17, 15) is 4.79 Å². The van der Waals surface area contributed by atoms with Gasteiger partial charge in [0.1, 0.15) is 5.75 Å². The van der Waals surface area contributed by atoms with Crippen LogP contribution in [-0.4, -0.2) is 17.6 Å². The van der Waals surface area contributed by atoms with Gasteiger partial charge in [-0.3, -0.25) is 10.1 Å². The second-order valence-corrected chi connectivity index (χ2v) is 6.59. The van der Waals surface area contributed by atoms with E-state index in [-0.39, 0.29) is 17.6 Å². The van der Waals surface area contributed by atoms with Gasteiger partial charge in [0.2, 0.25) is 0 Å². The lowest BCUT2D eigenvalue weighted by molar-refractivity contribution is -0.121. The minimum atomic E-state index is -0.289. The number of ether oxygens (including phenoxy) is 1. The molecule has 4 nitrogen and oxygen atoms in total. The van der Waals surface area contributed by atoms with E-state index in [0.29, 0.717) is 11.7 Å². The van der Waals surface area contributed by atoms with Gasteiger partial charge in [-0.05, 0) is 60.3 Å². The zero-order chi connectivity index (χ0) is 18.9. The number of nitrogens with one attached hydrogen (secondary N) is 2. The summed E-state index contributed by atoms with van der Waals surface area (Å²) in [6, 6.07) is 15.7. The number of amides is 1. The Morgan fingerprint density at radius 3 is 2.46 bits per heavy atom. The molecule has 1 amide bonds. The molecule has 0 aliphatic heterocycles. The van der Waals surface area contributed by atoms with Crippen molar-refractivity contribution in [2.75, 3.05) is 11.9 Å². The lowest BCUT2D eigenvalue weighted by Crippen LogP contribution is -2.37. The zero-order valence-corrected chi connectivity index (χ0v) is 16.4. The van der Waals surface area contributed by atoms with Crippen molar-refractivity contribution in [2.45, 2.75) is 39.5 Å². The molecular formula is C21H26N2O2S. The van der Waals surface area contributed by atoms with Crippen molar-refractivity contribution < 1.29 is 9.53 Å². The van der Waals surface area contributed by atoms with E-state index in [2.05, 4.69) is 37.5 Å². The van der Waals surface area contributed by atoms with Crippen LogP contribution in [0.15, 0.2) is 48.5 Å². The molecule has 0 saturated carbocycles. The van der Waals surface area contributed by atoms with Gasteiger partial charge in [-0.1, -0.05) is 51.1 Å². The molecule has 0 saturated heterocycles. The van der Waals surface area contributed by atoms with Crippen LogP contribution in [0.4, 0.5) is 5.69 Å². The summed E-state index contributed by atoms with van der Waals surface area (Å²) in [5.41, 5.74) is 3.33. The van der Waals surface area contributed by atoms with Crippen molar-refractivity contribution in [3.63, 3.8) is 0 Å². The summed E-state index contributed by atoms with van der Waals surface area (Å²) in [6.07, 6.45) is 2.00. The quantitative estimate of drug-likeness (QED) is 0.696. The molecule has 2 rings (SSSR count). The Morgan fingerprint density at radius 2 is 1.81 bits per heavy atom. The first-order valence-electron chi connectivity index (χ1n) is 8.95. The third kappa shape index (κ3) is 5.85. The zero-order valence-electron chi connectivity index (χ0n) is 15.5. The van der Waals surface area contributed by atoms with Crippen LogP contribution >= 0.6 is 12.2 Å². The molecule has 0 aliphatic rings. The maximum atomic E-state index is 12.1. The second-order valence-electron chi connectivity index (χ2n) is 6.19. The smallest absolute Gasteiger partial charge is 0.264 e. The summed E-state index contributed by atoms with van der Waals surface area (Å²) >= 11 is 5.26. The Balaban J connectivity index is 1.86. The molecule has 1 atom stereocenters. The predicted molar refractivity (Wildman–Crippen MR) is 111 cm³/mol. The third-order valence-corrected chi connectivity index (χ3v) is 4.51. The first kappa shape index (κ1) is 19.9. The summed E-state index contributed by atoms with van der Waals surface area (Å²) in [6.45, 7) is 6.32. The first-order valence-corrected chi connectivity index (χ1v) is 9.35. The Labute approximate surface area is 161 Å². The highest BCUT2D eigenvalue weighted by molar-refractivity contribution is 7.80. The van der Waals surface area contributed by atoms with Gasteiger partial charge in [0.15, 0.2) is 11.7 Å². The molecule has 0 heterocycles. The molecule has 0 aliphatic carbocycles. The number of aryl methyl sites for hydroxylation is 1. The highest BCUT2D eigenvalue weighted by Gasteiger charge is 2.11. The van der Waals surface area contributed by atoms with Gasteiger partial charge in [-0.2, -0.15) is 0 Å². The number of hydrogen-bond acceptors (Lipinski definition) is 3. The molecule has 2 N–H and O–H groups in total. The van der Waals surface area contributed by atoms with Gasteiger partial charge in [0.05, 0.1) is 0 Å². The first-order chi connectivity index (χ1) is 12.5. The van der Waals surface area contributed by atoms with E-state index in [4.69, 9.17) is 17.0 Å². The van der Waals surface area contributed by atoms with Crippen molar-refractivity contribution >= 4 is 28.9 Å². The molecule has 5 heteroatoms. The Bertz CT molecular complexity index is 744. The topological polar surface area (TPSA) is 50.4 Å². The number of hydrogen-bond donors (Lipinski definition) is 2. The van der Waals surface area contributed by atoms with Crippen molar-refractivity contribution in [1.82, 2.24) is 5.32 Å². The summed E-state index contributed by atoms with van der Waals surface area (Å²) in [4.78, 5) is 12.1. The maximum absolute atomic E-state index is 12.1. The van der Waals surface area contributed by atoms with Crippen LogP contribution < -0.4 is 15.4 Å². The maximum Gasteiger partial charge on any atom is 0.264 e. The average molecular weight is 371 g/mol. The Morgan fingerprint density at radius 1 is 1.12 bits per heavy atom. The van der Waals surface area contributed by atoms with Gasteiger partial charge in [0.25, 0.3) is 5.91 Å². The summed E-state index contributed by atoms with van der Waals surface area (Å²) in [5.74, 6) is 0.785. The standard InChI is InChI=1S/C21H26N2O2S/c1-4-15(3)18-8-6-7-9-19(18)22-21(26)23-20(24)14-25-17-12-10-16(5-2)11-13-17/h6-13,15H,4-5,14H2,1-3H3,(H2,22,23,24,26)/t15-/m1/s1. The van der Waals surface area contributed by atoms with E-state index < -0.39 is 0 Å². The number of para-hydroxylation sites is 1. The largest absolute Gasteiger partial charge is 0.484 e. The molecule has 0 bridgehead atoms. The predicted octanol–water partition coefficient (Wildman–Crippen LogP) is 4.65. The molecule has 2 aromatic carbocycles. The molecule has 0 radical (unpaired) electrons. The van der Waals surface area contributed by atoms with E-state index in [0.717, 1.165) is 18.5 Å². The van der Waals surface area contributed by atoms with Crippen LogP contribution in [0, 0.1) is 0 Å². The highest BCUT2D eigenvalue weighted by atomic mass is 32.1. The number of benzene rings is 2. The molecule has 0 unspecified atom stereocenters. The van der Waals surface area contributed by atoms with Crippen molar-refractivity contribution in [1.29, 1.82) is 0 Å². The van der Waals surface area contributed by atoms with Gasteiger partial charge >= 0.3 is 0 Å². The van der Waals surface area contributed by atoms with Crippen molar-refractivity contribution in [2.24, 2.45) is 0 Å². The fourth-order valence-electron chi connectivity index (χ4n) is 2.55. The SMILES string of the molecule is CCc1ccc(OCC(=O)NC(=S)Nc2ccccc2[C@H](C)CC)cc1. The van der Waals surface area contributed by atoms with Crippen LogP contribution in [0.3, 0.4) is 0 Å². The Kier molecular flexibility index (Phi) is 7.60. The number of thiocarbonyl (C=S) groups is 1. The van der Waals surface area contributed by atoms with Crippen LogP contribution in [0.5, 0.6) is 5.75 Å². The van der Waals surface area contributed by atoms with Gasteiger partial charge in [0, 0.05) is 5.69 Å². The lowest BCUT2D eigenvalue weighted by atomic mass is 9.97. The molecule has 138 valence electrons. The second kappa shape index (κ2) is 9.92.